The van der Waals surface area contributed by atoms with E-state index in [2.05, 4.69) is 19.2 Å². The molecule has 2 aliphatic heterocycles. The Morgan fingerprint density at radius 1 is 1.28 bits per heavy atom. The molecule has 0 amide bonds. The summed E-state index contributed by atoms with van der Waals surface area (Å²) in [4.78, 5) is 29.8. The number of pyridine rings is 2. The zero-order valence-electron chi connectivity index (χ0n) is 18.2. The molecule has 0 bridgehead atoms. The zero-order chi connectivity index (χ0) is 22.7. The van der Waals surface area contributed by atoms with Gasteiger partial charge < -0.3 is 19.7 Å². The third kappa shape index (κ3) is 3.13. The highest BCUT2D eigenvalue weighted by molar-refractivity contribution is 5.89. The molecule has 166 valence electrons. The van der Waals surface area contributed by atoms with Gasteiger partial charge in [0.25, 0.3) is 5.56 Å². The molecule has 1 aromatic carbocycles. The van der Waals surface area contributed by atoms with Crippen molar-refractivity contribution in [1.82, 2.24) is 14.9 Å². The lowest BCUT2D eigenvalue weighted by atomic mass is 9.96. The number of aliphatic hydroxyl groups is 1. The van der Waals surface area contributed by atoms with Crippen molar-refractivity contribution in [2.75, 3.05) is 6.54 Å². The van der Waals surface area contributed by atoms with Crippen molar-refractivity contribution in [3.8, 4) is 11.4 Å². The smallest absolute Gasteiger partial charge is 0.340 e. The molecule has 0 saturated carbocycles. The van der Waals surface area contributed by atoms with Crippen LogP contribution >= 0.6 is 0 Å². The van der Waals surface area contributed by atoms with Crippen molar-refractivity contribution in [2.24, 2.45) is 0 Å². The number of hydrogen-bond donors (Lipinski definition) is 2. The van der Waals surface area contributed by atoms with Crippen LogP contribution in [0.15, 0.2) is 23.0 Å². The molecule has 3 aromatic rings. The summed E-state index contributed by atoms with van der Waals surface area (Å²) in [5.41, 5.74) is 4.34. The summed E-state index contributed by atoms with van der Waals surface area (Å²) >= 11 is 0. The van der Waals surface area contributed by atoms with Crippen LogP contribution in [-0.2, 0) is 29.1 Å². The summed E-state index contributed by atoms with van der Waals surface area (Å²) in [5, 5.41) is 14.6. The molecule has 0 radical (unpaired) electrons. The first-order valence-electron chi connectivity index (χ1n) is 10.7. The molecule has 7 nitrogen and oxygen atoms in total. The van der Waals surface area contributed by atoms with E-state index in [0.29, 0.717) is 41.5 Å². The maximum atomic E-state index is 14.4. The molecule has 0 saturated heterocycles. The van der Waals surface area contributed by atoms with E-state index in [-0.39, 0.29) is 29.1 Å². The number of carbonyl (C=O) groups is 1. The second-order valence-electron chi connectivity index (χ2n) is 8.76. The summed E-state index contributed by atoms with van der Waals surface area (Å²) in [7, 11) is 0. The van der Waals surface area contributed by atoms with Crippen molar-refractivity contribution in [2.45, 2.75) is 52.5 Å². The molecule has 4 heterocycles. The fraction of sp³-hybridized carbons (Fsp3) is 0.375. The summed E-state index contributed by atoms with van der Waals surface area (Å²) in [6.07, 6.45) is -0.811. The average molecular weight is 437 g/mol. The monoisotopic (exact) mass is 437 g/mol. The summed E-state index contributed by atoms with van der Waals surface area (Å²) < 4.78 is 20.9. The number of nitrogens with one attached hydrogen (secondary N) is 1. The Kier molecular flexibility index (Phi) is 4.87. The van der Waals surface area contributed by atoms with Crippen LogP contribution in [0.25, 0.3) is 22.3 Å². The van der Waals surface area contributed by atoms with Gasteiger partial charge in [0.1, 0.15) is 12.4 Å². The minimum atomic E-state index is -1.50. The number of cyclic esters (lactones) is 1. The van der Waals surface area contributed by atoms with E-state index in [4.69, 9.17) is 9.72 Å². The third-order valence-corrected chi connectivity index (χ3v) is 6.28. The number of aliphatic hydroxyl groups excluding tert-OH is 1. The second-order valence-corrected chi connectivity index (χ2v) is 8.76. The normalized spacial score (nSPS) is 16.8. The van der Waals surface area contributed by atoms with Crippen LogP contribution in [0.2, 0.25) is 0 Å². The lowest BCUT2D eigenvalue weighted by molar-refractivity contribution is -0.157. The van der Waals surface area contributed by atoms with E-state index in [1.165, 1.54) is 6.07 Å². The maximum Gasteiger partial charge on any atom is 0.340 e. The number of halogens is 1. The maximum absolute atomic E-state index is 14.4. The van der Waals surface area contributed by atoms with Crippen LogP contribution in [0, 0.1) is 12.7 Å². The van der Waals surface area contributed by atoms with Gasteiger partial charge >= 0.3 is 5.97 Å². The molecule has 2 N–H and O–H groups in total. The zero-order valence-corrected chi connectivity index (χ0v) is 18.2. The number of aryl methyl sites for hydroxylation is 1. The summed E-state index contributed by atoms with van der Waals surface area (Å²) in [6, 6.07) is 5.21. The fourth-order valence-corrected chi connectivity index (χ4v) is 4.61. The van der Waals surface area contributed by atoms with Gasteiger partial charge in [-0.05, 0) is 43.1 Å². The van der Waals surface area contributed by atoms with E-state index in [9.17, 15) is 19.1 Å². The first-order chi connectivity index (χ1) is 15.3. The van der Waals surface area contributed by atoms with Crippen LogP contribution in [0.4, 0.5) is 4.39 Å². The highest BCUT2D eigenvalue weighted by Crippen LogP contribution is 2.38. The van der Waals surface area contributed by atoms with E-state index in [0.717, 1.165) is 23.1 Å². The van der Waals surface area contributed by atoms with Gasteiger partial charge in [0, 0.05) is 28.6 Å². The van der Waals surface area contributed by atoms with Crippen molar-refractivity contribution in [1.29, 1.82) is 0 Å². The van der Waals surface area contributed by atoms with E-state index >= 15 is 0 Å². The predicted octanol–water partition coefficient (Wildman–Crippen LogP) is 2.50. The van der Waals surface area contributed by atoms with Crippen molar-refractivity contribution < 1.29 is 19.0 Å². The van der Waals surface area contributed by atoms with Crippen molar-refractivity contribution in [3.63, 3.8) is 0 Å². The first kappa shape index (κ1) is 20.8. The topological polar surface area (TPSA) is 93.5 Å². The lowest BCUT2D eigenvalue weighted by Gasteiger charge is -2.21. The lowest BCUT2D eigenvalue weighted by Crippen LogP contribution is -2.32. The molecule has 32 heavy (non-hydrogen) atoms. The Hall–Kier alpha value is -3.10. The number of benzene rings is 1. The molecule has 0 aliphatic carbocycles. The number of nitrogens with zero attached hydrogens (tertiary/aromatic N) is 2. The predicted molar refractivity (Wildman–Crippen MR) is 117 cm³/mol. The van der Waals surface area contributed by atoms with Gasteiger partial charge in [-0.2, -0.15) is 0 Å². The highest BCUT2D eigenvalue weighted by Gasteiger charge is 2.34. The summed E-state index contributed by atoms with van der Waals surface area (Å²) in [5.74, 6) is -1.11. The molecule has 2 aromatic heterocycles. The molecule has 5 rings (SSSR count). The Balaban J connectivity index is 1.74. The number of hydrogen-bond acceptors (Lipinski definition) is 6. The quantitative estimate of drug-likeness (QED) is 0.477. The largest absolute Gasteiger partial charge is 0.458 e. The fourth-order valence-electron chi connectivity index (χ4n) is 4.61. The minimum Gasteiger partial charge on any atom is -0.458 e. The number of aromatic nitrogens is 2. The standard InChI is InChI=1S/C24H24FN3O4/c1-11(2)26-5-4-13-14-6-12(3)18(25)8-19(14)27-21-16(13)9-28-20(21)7-15-17(23(28)30)10-32-24(31)22(15)29/h6-8,11,22,26,29H,4-5,9-10H2,1-3H3/t22-/m0/s1. The van der Waals surface area contributed by atoms with Gasteiger partial charge in [-0.15, -0.1) is 0 Å². The third-order valence-electron chi connectivity index (χ3n) is 6.28. The number of ether oxygens (including phenoxy) is 1. The van der Waals surface area contributed by atoms with Crippen LogP contribution in [0.5, 0.6) is 0 Å². The van der Waals surface area contributed by atoms with Gasteiger partial charge in [-0.1, -0.05) is 13.8 Å². The Morgan fingerprint density at radius 3 is 2.81 bits per heavy atom. The van der Waals surface area contributed by atoms with Gasteiger partial charge in [0.2, 0.25) is 0 Å². The molecule has 1 atom stereocenters. The number of carbonyl (C=O) groups excluding carboxylic acids is 1. The average Bonchev–Trinajstić information content (AvgIpc) is 3.10. The SMILES string of the molecule is Cc1cc2c(CCNC(C)C)c3c(nc2cc1F)-c1cc2c(c(=O)n1C3)COC(=O)[C@H]2O. The van der Waals surface area contributed by atoms with Gasteiger partial charge in [-0.3, -0.25) is 4.79 Å². The van der Waals surface area contributed by atoms with Crippen LogP contribution in [-0.4, -0.2) is 33.2 Å². The minimum absolute atomic E-state index is 0.161. The molecule has 2 aliphatic rings. The molecular formula is C24H24FN3O4. The Bertz CT molecular complexity index is 1350. The van der Waals surface area contributed by atoms with Crippen LogP contribution < -0.4 is 10.9 Å². The molecule has 0 unspecified atom stereocenters. The Labute approximate surface area is 183 Å². The van der Waals surface area contributed by atoms with Crippen LogP contribution in [0.3, 0.4) is 0 Å². The van der Waals surface area contributed by atoms with E-state index < -0.39 is 12.1 Å². The molecule has 0 spiro atoms. The Morgan fingerprint density at radius 2 is 2.06 bits per heavy atom. The molecule has 8 heteroatoms. The number of rotatable bonds is 4. The van der Waals surface area contributed by atoms with Gasteiger partial charge in [-0.25, -0.2) is 14.2 Å². The van der Waals surface area contributed by atoms with Crippen molar-refractivity contribution >= 4 is 16.9 Å². The molecule has 0 fully saturated rings. The first-order valence-corrected chi connectivity index (χ1v) is 10.7. The number of esters is 1. The van der Waals surface area contributed by atoms with Gasteiger partial charge in [0.15, 0.2) is 6.10 Å². The van der Waals surface area contributed by atoms with Crippen LogP contribution in [0.1, 0.15) is 47.8 Å². The van der Waals surface area contributed by atoms with E-state index in [1.54, 1.807) is 17.6 Å². The highest BCUT2D eigenvalue weighted by atomic mass is 19.1. The second kappa shape index (κ2) is 7.50. The van der Waals surface area contributed by atoms with E-state index in [1.807, 2.05) is 6.07 Å². The number of fused-ring (bicyclic) bond motifs is 5. The van der Waals surface area contributed by atoms with Gasteiger partial charge in [0.05, 0.1) is 29.0 Å². The van der Waals surface area contributed by atoms with Crippen molar-refractivity contribution in [3.05, 3.63) is 62.2 Å². The summed E-state index contributed by atoms with van der Waals surface area (Å²) in [6.45, 7) is 6.77. The molecular weight excluding hydrogens is 413 g/mol.